The Labute approximate surface area is 184 Å². The number of ether oxygens (including phenoxy) is 2. The van der Waals surface area contributed by atoms with Gasteiger partial charge in [-0.25, -0.2) is 13.6 Å². The number of carbonyl (C=O) groups is 1. The number of nitrogens with zero attached hydrogens (tertiary/aromatic N) is 1. The minimum Gasteiger partial charge on any atom is -0.478 e. The second-order valence-corrected chi connectivity index (χ2v) is 8.30. The van der Waals surface area contributed by atoms with E-state index >= 15 is 0 Å². The number of rotatable bonds is 7. The molecule has 0 amide bonds. The first-order valence-electron chi connectivity index (χ1n) is 9.91. The smallest absolute Gasteiger partial charge is 0.345 e. The molecule has 0 spiro atoms. The summed E-state index contributed by atoms with van der Waals surface area (Å²) in [6.45, 7) is 5.25. The van der Waals surface area contributed by atoms with E-state index in [1.54, 1.807) is 39.0 Å². The highest BCUT2D eigenvalue weighted by Gasteiger charge is 2.35. The first-order valence-corrected chi connectivity index (χ1v) is 9.91. The van der Waals surface area contributed by atoms with E-state index in [-0.39, 0.29) is 5.75 Å². The molecule has 1 aromatic heterocycles. The molecule has 2 aromatic carbocycles. The van der Waals surface area contributed by atoms with Gasteiger partial charge in [-0.15, -0.1) is 0 Å². The molecule has 0 fully saturated rings. The summed E-state index contributed by atoms with van der Waals surface area (Å²) in [7, 11) is 0. The Morgan fingerprint density at radius 3 is 2.28 bits per heavy atom. The third-order valence-corrected chi connectivity index (χ3v) is 4.65. The Kier molecular flexibility index (Phi) is 6.74. The zero-order chi connectivity index (χ0) is 23.5. The number of halogens is 2. The number of aliphatic carboxylic acids is 1. The highest BCUT2D eigenvalue weighted by molar-refractivity contribution is 5.73. The van der Waals surface area contributed by atoms with E-state index in [1.165, 1.54) is 0 Å². The predicted molar refractivity (Wildman–Crippen MR) is 116 cm³/mol. The molecule has 3 N–H and O–H groups in total. The number of nitrogens with two attached hydrogens (primary N) is 1. The van der Waals surface area contributed by atoms with Crippen molar-refractivity contribution in [2.75, 3.05) is 0 Å². The lowest BCUT2D eigenvalue weighted by Crippen LogP contribution is -2.39. The van der Waals surface area contributed by atoms with Gasteiger partial charge in [0.2, 0.25) is 6.10 Å². The van der Waals surface area contributed by atoms with Crippen molar-refractivity contribution in [1.29, 1.82) is 0 Å². The number of aromatic nitrogens is 1. The maximum Gasteiger partial charge on any atom is 0.345 e. The molecule has 0 unspecified atom stereocenters. The summed E-state index contributed by atoms with van der Waals surface area (Å²) in [5.74, 6) is -4.40. The zero-order valence-corrected chi connectivity index (χ0v) is 17.9. The number of carboxylic acids is 1. The molecule has 168 valence electrons. The van der Waals surface area contributed by atoms with Crippen LogP contribution in [0.4, 0.5) is 8.78 Å². The van der Waals surface area contributed by atoms with Gasteiger partial charge in [-0.1, -0.05) is 51.1 Å². The molecule has 1 atom stereocenters. The van der Waals surface area contributed by atoms with Crippen molar-refractivity contribution in [3.63, 3.8) is 0 Å². The standard InChI is InChI=1S/C24H24F2N2O4/c1-24(2,3)20(23(29)30)32-22-19(26)12-18(25)21(28-22)31-17-9-5-8-16(11-17)15-7-4-6-14(10-15)13-27/h4-12,20H,13,27H2,1-3H3,(H,29,30)/t20-/m0/s1. The minimum atomic E-state index is -1.40. The second kappa shape index (κ2) is 9.32. The van der Waals surface area contributed by atoms with Crippen molar-refractivity contribution in [2.24, 2.45) is 11.1 Å². The normalized spacial score (nSPS) is 12.3. The molecule has 0 bridgehead atoms. The zero-order valence-electron chi connectivity index (χ0n) is 17.9. The molecule has 0 saturated carbocycles. The van der Waals surface area contributed by atoms with Gasteiger partial charge >= 0.3 is 5.97 Å². The van der Waals surface area contributed by atoms with Crippen molar-refractivity contribution in [1.82, 2.24) is 4.98 Å². The fraction of sp³-hybridized carbons (Fsp3) is 0.250. The van der Waals surface area contributed by atoms with Crippen LogP contribution in [0.25, 0.3) is 11.1 Å². The SMILES string of the molecule is CC(C)(C)[C@@H](Oc1nc(Oc2cccc(-c3cccc(CN)c3)c2)c(F)cc1F)C(=O)O. The number of hydrogen-bond acceptors (Lipinski definition) is 5. The van der Waals surface area contributed by atoms with E-state index in [0.29, 0.717) is 12.6 Å². The number of hydrogen-bond donors (Lipinski definition) is 2. The van der Waals surface area contributed by atoms with Gasteiger partial charge in [-0.05, 0) is 34.9 Å². The van der Waals surface area contributed by atoms with Gasteiger partial charge in [0.15, 0.2) is 11.6 Å². The maximum absolute atomic E-state index is 14.4. The molecule has 1 heterocycles. The Bertz CT molecular complexity index is 1130. The summed E-state index contributed by atoms with van der Waals surface area (Å²) < 4.78 is 39.4. The van der Waals surface area contributed by atoms with Gasteiger partial charge in [0.05, 0.1) is 0 Å². The van der Waals surface area contributed by atoms with Crippen molar-refractivity contribution in [3.8, 4) is 28.6 Å². The van der Waals surface area contributed by atoms with Gasteiger partial charge < -0.3 is 20.3 Å². The lowest BCUT2D eigenvalue weighted by Gasteiger charge is -2.27. The van der Waals surface area contributed by atoms with E-state index in [9.17, 15) is 18.7 Å². The molecule has 32 heavy (non-hydrogen) atoms. The van der Waals surface area contributed by atoms with Crippen LogP contribution in [0.3, 0.4) is 0 Å². The van der Waals surface area contributed by atoms with Gasteiger partial charge in [0.25, 0.3) is 11.8 Å². The fourth-order valence-corrected chi connectivity index (χ4v) is 3.03. The Hall–Kier alpha value is -3.52. The average molecular weight is 442 g/mol. The highest BCUT2D eigenvalue weighted by Crippen LogP contribution is 2.32. The summed E-state index contributed by atoms with van der Waals surface area (Å²) in [5, 5.41) is 9.41. The van der Waals surface area contributed by atoms with Crippen molar-refractivity contribution >= 4 is 5.97 Å². The Balaban J connectivity index is 1.91. The average Bonchev–Trinajstić information content (AvgIpc) is 2.74. The Morgan fingerprint density at radius 1 is 1.03 bits per heavy atom. The monoisotopic (exact) mass is 442 g/mol. The first kappa shape index (κ1) is 23.1. The molecule has 0 aliphatic rings. The first-order chi connectivity index (χ1) is 15.1. The van der Waals surface area contributed by atoms with Crippen molar-refractivity contribution in [2.45, 2.75) is 33.4 Å². The molecular formula is C24H24F2N2O4. The van der Waals surface area contributed by atoms with Gasteiger partial charge in [-0.2, -0.15) is 4.98 Å². The van der Waals surface area contributed by atoms with E-state index < -0.39 is 40.9 Å². The molecule has 0 aliphatic heterocycles. The third-order valence-electron chi connectivity index (χ3n) is 4.65. The molecular weight excluding hydrogens is 418 g/mol. The van der Waals surface area contributed by atoms with Crippen LogP contribution in [0.15, 0.2) is 54.6 Å². The van der Waals surface area contributed by atoms with Crippen LogP contribution in [-0.2, 0) is 11.3 Å². The van der Waals surface area contributed by atoms with Gasteiger partial charge in [0, 0.05) is 18.0 Å². The molecule has 8 heteroatoms. The number of pyridine rings is 1. The number of carboxylic acid groups (broad SMARTS) is 1. The number of benzene rings is 2. The van der Waals surface area contributed by atoms with E-state index in [2.05, 4.69) is 4.98 Å². The van der Waals surface area contributed by atoms with Crippen molar-refractivity contribution < 1.29 is 28.2 Å². The van der Waals surface area contributed by atoms with Crippen LogP contribution in [0.2, 0.25) is 0 Å². The lowest BCUT2D eigenvalue weighted by atomic mass is 9.89. The van der Waals surface area contributed by atoms with Gasteiger partial charge in [-0.3, -0.25) is 0 Å². The lowest BCUT2D eigenvalue weighted by molar-refractivity contribution is -0.150. The van der Waals surface area contributed by atoms with Crippen LogP contribution in [0, 0.1) is 17.0 Å². The summed E-state index contributed by atoms with van der Waals surface area (Å²) in [4.78, 5) is 15.3. The molecule has 6 nitrogen and oxygen atoms in total. The van der Waals surface area contributed by atoms with Crippen molar-refractivity contribution in [3.05, 3.63) is 71.8 Å². The minimum absolute atomic E-state index is 0.259. The second-order valence-electron chi connectivity index (χ2n) is 8.30. The highest BCUT2D eigenvalue weighted by atomic mass is 19.1. The van der Waals surface area contributed by atoms with Crippen LogP contribution in [-0.4, -0.2) is 22.2 Å². The van der Waals surface area contributed by atoms with E-state index in [1.807, 2.05) is 30.3 Å². The Morgan fingerprint density at radius 2 is 1.66 bits per heavy atom. The van der Waals surface area contributed by atoms with Gasteiger partial charge in [0.1, 0.15) is 5.75 Å². The topological polar surface area (TPSA) is 94.7 Å². The van der Waals surface area contributed by atoms with Crippen LogP contribution < -0.4 is 15.2 Å². The third kappa shape index (κ3) is 5.39. The summed E-state index contributed by atoms with van der Waals surface area (Å²) >= 11 is 0. The summed E-state index contributed by atoms with van der Waals surface area (Å²) in [6.07, 6.45) is -1.40. The van der Waals surface area contributed by atoms with Crippen LogP contribution in [0.1, 0.15) is 26.3 Å². The van der Waals surface area contributed by atoms with E-state index in [0.717, 1.165) is 16.7 Å². The predicted octanol–water partition coefficient (Wildman–Crippen LogP) is 5.16. The van der Waals surface area contributed by atoms with Crippen LogP contribution >= 0.6 is 0 Å². The van der Waals surface area contributed by atoms with E-state index in [4.69, 9.17) is 15.2 Å². The van der Waals surface area contributed by atoms with Crippen LogP contribution in [0.5, 0.6) is 17.5 Å². The maximum atomic E-state index is 14.4. The molecule has 3 aromatic rings. The summed E-state index contributed by atoms with van der Waals surface area (Å²) in [5.41, 5.74) is 7.49. The molecule has 0 radical (unpaired) electrons. The molecule has 0 saturated heterocycles. The largest absolute Gasteiger partial charge is 0.478 e. The molecule has 3 rings (SSSR count). The summed E-state index contributed by atoms with van der Waals surface area (Å²) in [6, 6.07) is 15.0. The fourth-order valence-electron chi connectivity index (χ4n) is 3.03. The quantitative estimate of drug-likeness (QED) is 0.525. The molecule has 0 aliphatic carbocycles.